The van der Waals surface area contributed by atoms with Crippen molar-refractivity contribution in [2.75, 3.05) is 23.3 Å². The molecule has 1 saturated heterocycles. The van der Waals surface area contributed by atoms with Gasteiger partial charge in [0.05, 0.1) is 10.2 Å². The minimum atomic E-state index is 0.0278. The zero-order valence-electron chi connectivity index (χ0n) is 12.3. The second-order valence-electron chi connectivity index (χ2n) is 5.53. The number of amides is 1. The van der Waals surface area contributed by atoms with E-state index in [-0.39, 0.29) is 5.91 Å². The third-order valence-corrected chi connectivity index (χ3v) is 5.46. The Labute approximate surface area is 143 Å². The molecule has 1 aliphatic heterocycles. The van der Waals surface area contributed by atoms with Crippen LogP contribution >= 0.6 is 27.3 Å². The normalized spacial score (nSPS) is 14.9. The van der Waals surface area contributed by atoms with E-state index >= 15 is 0 Å². The van der Waals surface area contributed by atoms with Gasteiger partial charge in [0.15, 0.2) is 0 Å². The van der Waals surface area contributed by atoms with E-state index in [1.807, 2.05) is 24.3 Å². The number of carbonyl (C=O) groups excluding carboxylic acids is 1. The highest BCUT2D eigenvalue weighted by molar-refractivity contribution is 9.11. The summed E-state index contributed by atoms with van der Waals surface area (Å²) in [6.07, 6.45) is 4.30. The molecule has 3 nitrogen and oxygen atoms in total. The highest BCUT2D eigenvalue weighted by Gasteiger charge is 2.11. The number of anilines is 2. The fourth-order valence-electron chi connectivity index (χ4n) is 2.72. The maximum absolute atomic E-state index is 12.0. The fourth-order valence-corrected chi connectivity index (χ4v) is 4.20. The number of carbonyl (C=O) groups is 1. The molecule has 0 spiro atoms. The van der Waals surface area contributed by atoms with Crippen molar-refractivity contribution in [1.29, 1.82) is 0 Å². The molecule has 1 aromatic carbocycles. The molecule has 0 aliphatic carbocycles. The highest BCUT2D eigenvalue weighted by Crippen LogP contribution is 2.24. The Kier molecular flexibility index (Phi) is 5.16. The predicted molar refractivity (Wildman–Crippen MR) is 96.9 cm³/mol. The SMILES string of the molecule is O=C(Cc1ccc(Br)s1)Nc1ccc(N2CCCCC2)cc1. The van der Waals surface area contributed by atoms with Crippen molar-refractivity contribution in [2.24, 2.45) is 0 Å². The first-order valence-electron chi connectivity index (χ1n) is 7.60. The number of rotatable bonds is 4. The highest BCUT2D eigenvalue weighted by atomic mass is 79.9. The zero-order valence-corrected chi connectivity index (χ0v) is 14.8. The maximum atomic E-state index is 12.0. The summed E-state index contributed by atoms with van der Waals surface area (Å²) in [7, 11) is 0. The summed E-state index contributed by atoms with van der Waals surface area (Å²) in [6.45, 7) is 2.28. The van der Waals surface area contributed by atoms with Crippen LogP contribution in [0, 0.1) is 0 Å². The average molecular weight is 379 g/mol. The Bertz CT molecular complexity index is 632. The molecular formula is C17H19BrN2OS. The monoisotopic (exact) mass is 378 g/mol. The van der Waals surface area contributed by atoms with E-state index in [0.717, 1.165) is 27.4 Å². The minimum Gasteiger partial charge on any atom is -0.372 e. The number of piperidine rings is 1. The lowest BCUT2D eigenvalue weighted by Gasteiger charge is -2.28. The van der Waals surface area contributed by atoms with Gasteiger partial charge in [0, 0.05) is 29.3 Å². The summed E-state index contributed by atoms with van der Waals surface area (Å²) in [5.41, 5.74) is 2.11. The molecule has 3 rings (SSSR count). The summed E-state index contributed by atoms with van der Waals surface area (Å²) >= 11 is 5.01. The van der Waals surface area contributed by atoms with Crippen LogP contribution in [0.15, 0.2) is 40.2 Å². The lowest BCUT2D eigenvalue weighted by atomic mass is 10.1. The molecule has 1 N–H and O–H groups in total. The van der Waals surface area contributed by atoms with E-state index in [4.69, 9.17) is 0 Å². The van der Waals surface area contributed by atoms with Gasteiger partial charge in [-0.1, -0.05) is 0 Å². The number of hydrogen-bond donors (Lipinski definition) is 1. The number of benzene rings is 1. The van der Waals surface area contributed by atoms with Crippen molar-refractivity contribution in [2.45, 2.75) is 25.7 Å². The van der Waals surface area contributed by atoms with E-state index in [1.165, 1.54) is 24.9 Å². The van der Waals surface area contributed by atoms with E-state index in [2.05, 4.69) is 38.3 Å². The van der Waals surface area contributed by atoms with E-state index in [0.29, 0.717) is 6.42 Å². The maximum Gasteiger partial charge on any atom is 0.229 e. The first-order valence-corrected chi connectivity index (χ1v) is 9.21. The summed E-state index contributed by atoms with van der Waals surface area (Å²) in [6, 6.07) is 12.1. The van der Waals surface area contributed by atoms with Crippen LogP contribution in [0.2, 0.25) is 0 Å². The van der Waals surface area contributed by atoms with Crippen molar-refractivity contribution in [1.82, 2.24) is 0 Å². The van der Waals surface area contributed by atoms with E-state index in [1.54, 1.807) is 11.3 Å². The molecule has 22 heavy (non-hydrogen) atoms. The standard InChI is InChI=1S/C17H19BrN2OS/c18-16-9-8-15(22-16)12-17(21)19-13-4-6-14(7-5-13)20-10-2-1-3-11-20/h4-9H,1-3,10-12H2,(H,19,21). The number of halogens is 1. The van der Waals surface area contributed by atoms with Crippen LogP contribution in [0.25, 0.3) is 0 Å². The van der Waals surface area contributed by atoms with Crippen LogP contribution in [-0.2, 0) is 11.2 Å². The molecule has 5 heteroatoms. The summed E-state index contributed by atoms with van der Waals surface area (Å²) in [5.74, 6) is 0.0278. The Morgan fingerprint density at radius 1 is 1.09 bits per heavy atom. The number of hydrogen-bond acceptors (Lipinski definition) is 3. The molecule has 0 radical (unpaired) electrons. The van der Waals surface area contributed by atoms with E-state index < -0.39 is 0 Å². The van der Waals surface area contributed by atoms with Gasteiger partial charge in [-0.05, 0) is 71.6 Å². The second-order valence-corrected chi connectivity index (χ2v) is 8.07. The molecule has 116 valence electrons. The van der Waals surface area contributed by atoms with Gasteiger partial charge in [0.25, 0.3) is 0 Å². The van der Waals surface area contributed by atoms with Gasteiger partial charge in [-0.3, -0.25) is 4.79 Å². The van der Waals surface area contributed by atoms with Gasteiger partial charge < -0.3 is 10.2 Å². The first kappa shape index (κ1) is 15.6. The smallest absolute Gasteiger partial charge is 0.229 e. The van der Waals surface area contributed by atoms with Gasteiger partial charge in [-0.15, -0.1) is 11.3 Å². The molecular weight excluding hydrogens is 360 g/mol. The van der Waals surface area contributed by atoms with Gasteiger partial charge in [0.1, 0.15) is 0 Å². The Balaban J connectivity index is 1.57. The molecule has 0 saturated carbocycles. The van der Waals surface area contributed by atoms with Crippen LogP contribution in [0.5, 0.6) is 0 Å². The topological polar surface area (TPSA) is 32.3 Å². The number of thiophene rings is 1. The largest absolute Gasteiger partial charge is 0.372 e. The van der Waals surface area contributed by atoms with Crippen LogP contribution in [0.4, 0.5) is 11.4 Å². The van der Waals surface area contributed by atoms with Gasteiger partial charge in [-0.2, -0.15) is 0 Å². The van der Waals surface area contributed by atoms with Crippen LogP contribution in [-0.4, -0.2) is 19.0 Å². The molecule has 2 aromatic rings. The third kappa shape index (κ3) is 4.11. The van der Waals surface area contributed by atoms with E-state index in [9.17, 15) is 4.79 Å². The van der Waals surface area contributed by atoms with Crippen molar-refractivity contribution in [3.8, 4) is 0 Å². The fraction of sp³-hybridized carbons (Fsp3) is 0.353. The third-order valence-electron chi connectivity index (χ3n) is 3.84. The van der Waals surface area contributed by atoms with Crippen LogP contribution in [0.3, 0.4) is 0 Å². The number of nitrogens with zero attached hydrogens (tertiary/aromatic N) is 1. The minimum absolute atomic E-state index is 0.0278. The predicted octanol–water partition coefficient (Wildman–Crippen LogP) is 4.68. The molecule has 1 amide bonds. The number of nitrogens with one attached hydrogen (secondary N) is 1. The van der Waals surface area contributed by atoms with Gasteiger partial charge in [0.2, 0.25) is 5.91 Å². The van der Waals surface area contributed by atoms with Gasteiger partial charge in [-0.25, -0.2) is 0 Å². The lowest BCUT2D eigenvalue weighted by Crippen LogP contribution is -2.29. The quantitative estimate of drug-likeness (QED) is 0.837. The first-order chi connectivity index (χ1) is 10.7. The zero-order chi connectivity index (χ0) is 15.4. The van der Waals surface area contributed by atoms with Crippen molar-refractivity contribution < 1.29 is 4.79 Å². The van der Waals surface area contributed by atoms with Crippen molar-refractivity contribution >= 4 is 44.5 Å². The van der Waals surface area contributed by atoms with Crippen molar-refractivity contribution in [3.05, 3.63) is 45.1 Å². The Morgan fingerprint density at radius 2 is 1.82 bits per heavy atom. The molecule has 0 unspecified atom stereocenters. The summed E-state index contributed by atoms with van der Waals surface area (Å²) in [5, 5.41) is 2.96. The molecule has 1 aromatic heterocycles. The lowest BCUT2D eigenvalue weighted by molar-refractivity contribution is -0.115. The second kappa shape index (κ2) is 7.29. The molecule has 0 bridgehead atoms. The average Bonchev–Trinajstić information content (AvgIpc) is 2.94. The van der Waals surface area contributed by atoms with Gasteiger partial charge >= 0.3 is 0 Å². The Morgan fingerprint density at radius 3 is 2.45 bits per heavy atom. The van der Waals surface area contributed by atoms with Crippen LogP contribution < -0.4 is 10.2 Å². The summed E-state index contributed by atoms with van der Waals surface area (Å²) in [4.78, 5) is 15.5. The molecule has 2 heterocycles. The molecule has 1 aliphatic rings. The van der Waals surface area contributed by atoms with Crippen LogP contribution in [0.1, 0.15) is 24.1 Å². The molecule has 0 atom stereocenters. The molecule has 1 fully saturated rings. The van der Waals surface area contributed by atoms with Crippen molar-refractivity contribution in [3.63, 3.8) is 0 Å². The Hall–Kier alpha value is -1.33. The summed E-state index contributed by atoms with van der Waals surface area (Å²) < 4.78 is 1.06.